The van der Waals surface area contributed by atoms with Gasteiger partial charge in [0.25, 0.3) is 0 Å². The lowest BCUT2D eigenvalue weighted by atomic mass is 10.3. The summed E-state index contributed by atoms with van der Waals surface area (Å²) < 4.78 is 27.5. The largest absolute Gasteiger partial charge is 0.261 e. The van der Waals surface area contributed by atoms with Crippen molar-refractivity contribution in [3.8, 4) is 0 Å². The summed E-state index contributed by atoms with van der Waals surface area (Å²) in [4.78, 5) is 4.30. The van der Waals surface area contributed by atoms with Crippen molar-refractivity contribution in [2.75, 3.05) is 13.1 Å². The number of aromatic nitrogens is 1. The Kier molecular flexibility index (Phi) is 6.23. The minimum Gasteiger partial charge on any atom is -0.261 e. The zero-order chi connectivity index (χ0) is 16.2. The molecule has 0 atom stereocenters. The van der Waals surface area contributed by atoms with Gasteiger partial charge in [0.05, 0.1) is 4.34 Å². The zero-order valence-corrected chi connectivity index (χ0v) is 15.1. The zero-order valence-electron chi connectivity index (χ0n) is 12.0. The van der Waals surface area contributed by atoms with E-state index in [9.17, 15) is 8.42 Å². The highest BCUT2D eigenvalue weighted by Gasteiger charge is 2.27. The highest BCUT2D eigenvalue weighted by Crippen LogP contribution is 2.35. The molecule has 2 aromatic heterocycles. The van der Waals surface area contributed by atoms with E-state index in [-0.39, 0.29) is 9.23 Å². The minimum atomic E-state index is -3.64. The van der Waals surface area contributed by atoms with Gasteiger partial charge in [0.1, 0.15) is 9.23 Å². The first kappa shape index (κ1) is 17.7. The van der Waals surface area contributed by atoms with Crippen LogP contribution in [0.1, 0.15) is 19.0 Å². The summed E-state index contributed by atoms with van der Waals surface area (Å²) in [7, 11) is -3.64. The molecule has 0 saturated carbocycles. The molecule has 22 heavy (non-hydrogen) atoms. The van der Waals surface area contributed by atoms with Crippen molar-refractivity contribution >= 4 is 44.6 Å². The Morgan fingerprint density at radius 2 is 2.05 bits per heavy atom. The minimum absolute atomic E-state index is 0.0821. The van der Waals surface area contributed by atoms with E-state index < -0.39 is 10.0 Å². The number of hydrogen-bond donors (Lipinski definition) is 0. The lowest BCUT2D eigenvalue weighted by Crippen LogP contribution is -2.33. The van der Waals surface area contributed by atoms with Crippen LogP contribution in [-0.4, -0.2) is 30.8 Å². The molecule has 0 radical (unpaired) electrons. The molecule has 0 amide bonds. The molecular formula is C14H16Cl2N2O2S2. The van der Waals surface area contributed by atoms with Crippen LogP contribution in [0.2, 0.25) is 8.67 Å². The maximum Gasteiger partial charge on any atom is 0.245 e. The van der Waals surface area contributed by atoms with Gasteiger partial charge in [0.15, 0.2) is 0 Å². The molecule has 0 aromatic carbocycles. The molecule has 2 heterocycles. The van der Waals surface area contributed by atoms with Gasteiger partial charge < -0.3 is 0 Å². The van der Waals surface area contributed by atoms with Crippen LogP contribution in [0.4, 0.5) is 0 Å². The van der Waals surface area contributed by atoms with E-state index >= 15 is 0 Å². The molecule has 0 bridgehead atoms. The van der Waals surface area contributed by atoms with Crippen molar-refractivity contribution in [3.63, 3.8) is 0 Å². The van der Waals surface area contributed by atoms with Gasteiger partial charge in [0.2, 0.25) is 10.0 Å². The molecular weight excluding hydrogens is 363 g/mol. The van der Waals surface area contributed by atoms with Crippen molar-refractivity contribution < 1.29 is 8.42 Å². The Balaban J connectivity index is 2.21. The fourth-order valence-electron chi connectivity index (χ4n) is 2.03. The van der Waals surface area contributed by atoms with Crippen molar-refractivity contribution in [3.05, 3.63) is 44.8 Å². The second kappa shape index (κ2) is 7.75. The van der Waals surface area contributed by atoms with Crippen molar-refractivity contribution in [2.24, 2.45) is 0 Å². The van der Waals surface area contributed by atoms with Gasteiger partial charge in [-0.2, -0.15) is 4.31 Å². The molecule has 4 nitrogen and oxygen atoms in total. The first-order chi connectivity index (χ1) is 10.4. The van der Waals surface area contributed by atoms with E-state index in [1.54, 1.807) is 6.20 Å². The summed E-state index contributed by atoms with van der Waals surface area (Å²) in [5, 5.41) is 0. The summed E-state index contributed by atoms with van der Waals surface area (Å²) in [6.45, 7) is 2.72. The van der Waals surface area contributed by atoms with Gasteiger partial charge in [-0.25, -0.2) is 8.42 Å². The Hall–Kier alpha value is -0.660. The number of rotatable bonds is 7. The molecule has 120 valence electrons. The third-order valence-corrected chi connectivity index (χ3v) is 6.71. The molecule has 0 fully saturated rings. The number of nitrogens with zero attached hydrogens (tertiary/aromatic N) is 2. The predicted molar refractivity (Wildman–Crippen MR) is 91.3 cm³/mol. The Bertz CT molecular complexity index is 718. The monoisotopic (exact) mass is 378 g/mol. The molecule has 0 saturated heterocycles. The fraction of sp³-hybridized carbons (Fsp3) is 0.357. The number of hydrogen-bond acceptors (Lipinski definition) is 4. The summed E-state index contributed by atoms with van der Waals surface area (Å²) in [6, 6.07) is 7.01. The summed E-state index contributed by atoms with van der Waals surface area (Å²) in [6.07, 6.45) is 2.97. The number of thiophene rings is 1. The maximum absolute atomic E-state index is 12.7. The van der Waals surface area contributed by atoms with Gasteiger partial charge in [-0.15, -0.1) is 11.3 Å². The number of pyridine rings is 1. The second-order valence-corrected chi connectivity index (χ2v) is 8.86. The van der Waals surface area contributed by atoms with Crippen LogP contribution in [0.5, 0.6) is 0 Å². The Morgan fingerprint density at radius 3 is 2.59 bits per heavy atom. The normalized spacial score (nSPS) is 12.0. The summed E-state index contributed by atoms with van der Waals surface area (Å²) in [5.41, 5.74) is 0.855. The topological polar surface area (TPSA) is 50.3 Å². The molecule has 8 heteroatoms. The van der Waals surface area contributed by atoms with Gasteiger partial charge in [-0.1, -0.05) is 36.2 Å². The first-order valence-electron chi connectivity index (χ1n) is 6.80. The highest BCUT2D eigenvalue weighted by atomic mass is 35.5. The third kappa shape index (κ3) is 4.20. The van der Waals surface area contributed by atoms with E-state index in [1.165, 1.54) is 10.4 Å². The van der Waals surface area contributed by atoms with Crippen molar-refractivity contribution in [2.45, 2.75) is 24.7 Å². The van der Waals surface area contributed by atoms with Gasteiger partial charge in [0, 0.05) is 31.4 Å². The predicted octanol–water partition coefficient (Wildman–Crippen LogP) is 4.09. The first-order valence-corrected chi connectivity index (χ1v) is 9.81. The van der Waals surface area contributed by atoms with Crippen LogP contribution < -0.4 is 0 Å². The van der Waals surface area contributed by atoms with E-state index in [4.69, 9.17) is 23.2 Å². The third-order valence-electron chi connectivity index (χ3n) is 3.06. The summed E-state index contributed by atoms with van der Waals surface area (Å²) >= 11 is 12.9. The van der Waals surface area contributed by atoms with Crippen molar-refractivity contribution in [1.29, 1.82) is 0 Å². The van der Waals surface area contributed by atoms with Gasteiger partial charge in [-0.3, -0.25) is 4.98 Å². The molecule has 0 N–H and O–H groups in total. The maximum atomic E-state index is 12.7. The molecule has 0 aliphatic rings. The van der Waals surface area contributed by atoms with E-state index in [0.717, 1.165) is 23.5 Å². The lowest BCUT2D eigenvalue weighted by molar-refractivity contribution is 0.412. The van der Waals surface area contributed by atoms with Crippen LogP contribution >= 0.6 is 34.5 Å². The van der Waals surface area contributed by atoms with Crippen LogP contribution in [0.25, 0.3) is 0 Å². The van der Waals surface area contributed by atoms with E-state index in [2.05, 4.69) is 4.98 Å². The van der Waals surface area contributed by atoms with E-state index in [1.807, 2.05) is 25.1 Å². The van der Waals surface area contributed by atoms with Crippen LogP contribution in [0, 0.1) is 0 Å². The molecule has 2 aromatic rings. The average Bonchev–Trinajstić information content (AvgIpc) is 2.84. The molecule has 2 rings (SSSR count). The van der Waals surface area contributed by atoms with Crippen LogP contribution in [-0.2, 0) is 16.4 Å². The molecule has 0 aliphatic carbocycles. The number of halogens is 2. The van der Waals surface area contributed by atoms with Gasteiger partial charge in [-0.05, 0) is 24.6 Å². The van der Waals surface area contributed by atoms with Gasteiger partial charge >= 0.3 is 0 Å². The quantitative estimate of drug-likeness (QED) is 0.728. The molecule has 0 aliphatic heterocycles. The van der Waals surface area contributed by atoms with E-state index in [0.29, 0.717) is 23.8 Å². The average molecular weight is 379 g/mol. The number of sulfonamides is 1. The fourth-order valence-corrected chi connectivity index (χ4v) is 5.67. The Labute approximate surface area is 144 Å². The van der Waals surface area contributed by atoms with Crippen LogP contribution in [0.15, 0.2) is 35.4 Å². The standard InChI is InChI=1S/C14H16Cl2N2O2S2/c1-2-8-18(9-6-11-5-3-4-7-17-11)22(19,20)12-10-13(15)21-14(12)16/h3-5,7,10H,2,6,8-9H2,1H3. The SMILES string of the molecule is CCCN(CCc1ccccn1)S(=O)(=O)c1cc(Cl)sc1Cl. The lowest BCUT2D eigenvalue weighted by Gasteiger charge is -2.21. The highest BCUT2D eigenvalue weighted by molar-refractivity contribution is 7.89. The second-order valence-electron chi connectivity index (χ2n) is 4.66. The van der Waals surface area contributed by atoms with Crippen molar-refractivity contribution in [1.82, 2.24) is 9.29 Å². The molecule has 0 spiro atoms. The van der Waals surface area contributed by atoms with Crippen LogP contribution in [0.3, 0.4) is 0 Å². The summed E-state index contributed by atoms with van der Waals surface area (Å²) in [5.74, 6) is 0. The molecule has 0 unspecified atom stereocenters. The smallest absolute Gasteiger partial charge is 0.245 e. The Morgan fingerprint density at radius 1 is 1.27 bits per heavy atom.